The van der Waals surface area contributed by atoms with E-state index in [1.807, 2.05) is 24.3 Å². The molecule has 42 heavy (non-hydrogen) atoms. The topological polar surface area (TPSA) is 107 Å². The molecule has 0 fully saturated rings. The number of aliphatic hydroxyl groups excluding tert-OH is 1. The van der Waals surface area contributed by atoms with Crippen LogP contribution in [0.1, 0.15) is 11.7 Å². The van der Waals surface area contributed by atoms with Crippen molar-refractivity contribution in [2.24, 2.45) is 0 Å². The number of hydrogen-bond donors (Lipinski definition) is 2. The zero-order chi connectivity index (χ0) is 31.4. The van der Waals surface area contributed by atoms with E-state index >= 15 is 0 Å². The number of sulfonamides is 1. The molecule has 238 valence electrons. The van der Waals surface area contributed by atoms with Gasteiger partial charge in [0.2, 0.25) is 10.0 Å². The maximum atomic E-state index is 12.9. The lowest BCUT2D eigenvalue weighted by Crippen LogP contribution is -2.34. The van der Waals surface area contributed by atoms with Crippen LogP contribution in [-0.4, -0.2) is 82.4 Å². The summed E-state index contributed by atoms with van der Waals surface area (Å²) >= 11 is 3.40. The number of nitrogens with one attached hydrogen (secondary N) is 1. The molecule has 2 rings (SSSR count). The fraction of sp³-hybridized carbons (Fsp3) is 0.586. The maximum Gasteiger partial charge on any atom is 0.234 e. The molecule has 2 aromatic carbocycles. The second kappa shape index (κ2) is 17.1. The van der Waals surface area contributed by atoms with Gasteiger partial charge in [0.25, 0.3) is 0 Å². The maximum absolute atomic E-state index is 12.9. The monoisotopic (exact) mass is 704 g/mol. The highest BCUT2D eigenvalue weighted by Gasteiger charge is 2.24. The van der Waals surface area contributed by atoms with Gasteiger partial charge in [-0.25, -0.2) is 12.7 Å². The van der Waals surface area contributed by atoms with Gasteiger partial charge in [0.05, 0.1) is 18.0 Å². The minimum Gasteiger partial charge on any atom is -0.492 e. The fourth-order valence-corrected chi connectivity index (χ4v) is 6.14. The lowest BCUT2D eigenvalue weighted by molar-refractivity contribution is 0.0222. The van der Waals surface area contributed by atoms with E-state index in [1.165, 1.54) is 4.31 Å². The molecule has 0 saturated heterocycles. The van der Waals surface area contributed by atoms with Crippen LogP contribution in [0.3, 0.4) is 0 Å². The number of nitrogens with zero attached hydrogens (tertiary/aromatic N) is 1. The van der Waals surface area contributed by atoms with Gasteiger partial charge >= 0.3 is 0 Å². The Bertz CT molecular complexity index is 1190. The average molecular weight is 706 g/mol. The fourth-order valence-electron chi connectivity index (χ4n) is 3.60. The second-order valence-corrected chi connectivity index (χ2v) is 26.8. The zero-order valence-electron chi connectivity index (χ0n) is 26.1. The summed E-state index contributed by atoms with van der Waals surface area (Å²) in [6.45, 7) is 15.6. The predicted octanol–water partition coefficient (Wildman–Crippen LogP) is 5.92. The van der Waals surface area contributed by atoms with Crippen molar-refractivity contribution in [1.82, 2.24) is 5.32 Å². The summed E-state index contributed by atoms with van der Waals surface area (Å²) in [5.41, 5.74) is 0.850. The van der Waals surface area contributed by atoms with Crippen molar-refractivity contribution in [2.45, 2.75) is 57.5 Å². The van der Waals surface area contributed by atoms with Crippen molar-refractivity contribution in [3.05, 3.63) is 52.5 Å². The molecule has 0 unspecified atom stereocenters. The molecular weight excluding hydrogens is 656 g/mol. The molecule has 9 nitrogen and oxygen atoms in total. The Morgan fingerprint density at radius 1 is 0.905 bits per heavy atom. The van der Waals surface area contributed by atoms with Gasteiger partial charge in [0.15, 0.2) is 6.79 Å². The molecule has 0 heterocycles. The van der Waals surface area contributed by atoms with Gasteiger partial charge < -0.3 is 29.4 Å². The molecule has 0 saturated carbocycles. The number of benzene rings is 2. The van der Waals surface area contributed by atoms with E-state index in [1.54, 1.807) is 18.2 Å². The standard InChI is InChI=1S/C29H49BrN2O7SSi2/c1-40(34,35)32(22-36-16-18-41(2,3)4)27-20-24(8-13-29(27)39-23-37-17-19-42(5,6)7)28(33)21-31-14-15-38-26-11-9-25(30)10-12-26/h8-13,20,28,31,33H,14-19,21-23H2,1-7H3/t28-/m0/s1. The van der Waals surface area contributed by atoms with Crippen molar-refractivity contribution >= 4 is 47.8 Å². The van der Waals surface area contributed by atoms with Gasteiger partial charge in [0, 0.05) is 46.9 Å². The highest BCUT2D eigenvalue weighted by molar-refractivity contribution is 9.10. The molecule has 0 aliphatic carbocycles. The van der Waals surface area contributed by atoms with Crippen molar-refractivity contribution < 1.29 is 32.5 Å². The third-order valence-electron chi connectivity index (χ3n) is 6.23. The SMILES string of the molecule is C[Si](C)(C)CCOCOc1ccc([C@@H](O)CNCCOc2ccc(Br)cc2)cc1N(COCC[Si](C)(C)C)S(C)(=O)=O. The van der Waals surface area contributed by atoms with Crippen molar-refractivity contribution in [2.75, 3.05) is 57.0 Å². The summed E-state index contributed by atoms with van der Waals surface area (Å²) in [7, 11) is -6.32. The van der Waals surface area contributed by atoms with Gasteiger partial charge in [-0.15, -0.1) is 0 Å². The van der Waals surface area contributed by atoms with Crippen LogP contribution in [0, 0.1) is 0 Å². The van der Waals surface area contributed by atoms with Gasteiger partial charge in [-0.2, -0.15) is 0 Å². The van der Waals surface area contributed by atoms with Crippen LogP contribution in [0.25, 0.3) is 0 Å². The van der Waals surface area contributed by atoms with Gasteiger partial charge in [-0.05, 0) is 54.0 Å². The lowest BCUT2D eigenvalue weighted by Gasteiger charge is -2.26. The van der Waals surface area contributed by atoms with Crippen LogP contribution in [0.4, 0.5) is 5.69 Å². The summed E-state index contributed by atoms with van der Waals surface area (Å²) < 4.78 is 51.1. The third-order valence-corrected chi connectivity index (χ3v) is 11.3. The van der Waals surface area contributed by atoms with E-state index in [4.69, 9.17) is 18.9 Å². The molecular formula is C29H49BrN2O7SSi2. The normalized spacial score (nSPS) is 13.2. The van der Waals surface area contributed by atoms with E-state index in [0.717, 1.165) is 28.6 Å². The predicted molar refractivity (Wildman–Crippen MR) is 180 cm³/mol. The molecule has 0 amide bonds. The zero-order valence-corrected chi connectivity index (χ0v) is 30.5. The second-order valence-electron chi connectivity index (χ2n) is 12.7. The molecule has 2 aromatic rings. The number of aliphatic hydroxyl groups is 1. The summed E-state index contributed by atoms with van der Waals surface area (Å²) in [4.78, 5) is 0. The highest BCUT2D eigenvalue weighted by atomic mass is 79.9. The van der Waals surface area contributed by atoms with E-state index < -0.39 is 32.3 Å². The van der Waals surface area contributed by atoms with Crippen LogP contribution < -0.4 is 19.1 Å². The Morgan fingerprint density at radius 3 is 2.12 bits per heavy atom. The number of ether oxygens (including phenoxy) is 4. The van der Waals surface area contributed by atoms with E-state index in [2.05, 4.69) is 60.5 Å². The van der Waals surface area contributed by atoms with Gasteiger partial charge in [0.1, 0.15) is 24.8 Å². The van der Waals surface area contributed by atoms with Crippen LogP contribution in [-0.2, 0) is 19.5 Å². The minimum atomic E-state index is -3.72. The summed E-state index contributed by atoms with van der Waals surface area (Å²) in [6.07, 6.45) is 0.256. The summed E-state index contributed by atoms with van der Waals surface area (Å²) in [6, 6.07) is 14.5. The molecule has 0 radical (unpaired) electrons. The molecule has 0 aromatic heterocycles. The molecule has 0 aliphatic heterocycles. The first-order chi connectivity index (χ1) is 19.5. The number of rotatable bonds is 20. The first kappa shape index (κ1) is 36.7. The van der Waals surface area contributed by atoms with Crippen LogP contribution in [0.15, 0.2) is 46.9 Å². The molecule has 0 bridgehead atoms. The Labute approximate surface area is 263 Å². The highest BCUT2D eigenvalue weighted by Crippen LogP contribution is 2.33. The smallest absolute Gasteiger partial charge is 0.234 e. The van der Waals surface area contributed by atoms with Crippen LogP contribution in [0.5, 0.6) is 11.5 Å². The molecule has 1 atom stereocenters. The van der Waals surface area contributed by atoms with Crippen LogP contribution >= 0.6 is 15.9 Å². The molecule has 0 aliphatic rings. The Kier molecular flexibility index (Phi) is 15.0. The average Bonchev–Trinajstić information content (AvgIpc) is 2.87. The Hall–Kier alpha value is -1.46. The molecule has 2 N–H and O–H groups in total. The van der Waals surface area contributed by atoms with Crippen molar-refractivity contribution in [3.8, 4) is 11.5 Å². The lowest BCUT2D eigenvalue weighted by atomic mass is 10.1. The first-order valence-electron chi connectivity index (χ1n) is 14.2. The minimum absolute atomic E-state index is 0.00656. The Balaban J connectivity index is 2.11. The largest absolute Gasteiger partial charge is 0.492 e. The van der Waals surface area contributed by atoms with Crippen molar-refractivity contribution in [3.63, 3.8) is 0 Å². The van der Waals surface area contributed by atoms with E-state index in [-0.39, 0.29) is 20.1 Å². The van der Waals surface area contributed by atoms with Crippen LogP contribution in [0.2, 0.25) is 51.4 Å². The van der Waals surface area contributed by atoms with E-state index in [9.17, 15) is 13.5 Å². The van der Waals surface area contributed by atoms with Gasteiger partial charge in [-0.3, -0.25) is 0 Å². The van der Waals surface area contributed by atoms with Crippen molar-refractivity contribution in [1.29, 1.82) is 0 Å². The summed E-state index contributed by atoms with van der Waals surface area (Å²) in [5, 5.41) is 14.1. The van der Waals surface area contributed by atoms with Gasteiger partial charge in [-0.1, -0.05) is 61.3 Å². The molecule has 13 heteroatoms. The molecule has 0 spiro atoms. The quantitative estimate of drug-likeness (QED) is 0.0995. The number of halogens is 1. The summed E-state index contributed by atoms with van der Waals surface area (Å²) in [5.74, 6) is 1.10. The first-order valence-corrected chi connectivity index (χ1v) is 24.3. The third kappa shape index (κ3) is 14.8. The Morgan fingerprint density at radius 2 is 1.52 bits per heavy atom. The number of hydrogen-bond acceptors (Lipinski definition) is 8. The van der Waals surface area contributed by atoms with E-state index in [0.29, 0.717) is 43.4 Å². The number of anilines is 1.